The molecule has 80 valence electrons. The van der Waals surface area contributed by atoms with Crippen LogP contribution in [0.3, 0.4) is 0 Å². The average molecular weight is 225 g/mol. The van der Waals surface area contributed by atoms with Gasteiger partial charge in [-0.05, 0) is 19.1 Å². The van der Waals surface area contributed by atoms with Gasteiger partial charge in [0.25, 0.3) is 0 Å². The van der Waals surface area contributed by atoms with Crippen LogP contribution >= 0.6 is 7.37 Å². The minimum absolute atomic E-state index is 0.409. The molecule has 0 aliphatic carbocycles. The minimum atomic E-state index is -3.24. The normalized spacial score (nSPS) is 15.4. The van der Waals surface area contributed by atoms with Crippen molar-refractivity contribution in [3.8, 4) is 0 Å². The summed E-state index contributed by atoms with van der Waals surface area (Å²) in [6.07, 6.45) is 0. The maximum Gasteiger partial charge on any atom is 0.340 e. The molecule has 1 atom stereocenters. The zero-order chi connectivity index (χ0) is 11.1. The number of para-hydroxylation sites is 2. The van der Waals surface area contributed by atoms with Gasteiger partial charge in [-0.25, -0.2) is 9.55 Å². The predicted octanol–water partition coefficient (Wildman–Crippen LogP) is 1.00. The molecular weight excluding hydrogens is 211 g/mol. The third-order valence-electron chi connectivity index (χ3n) is 2.41. The zero-order valence-corrected chi connectivity index (χ0v) is 9.66. The third kappa shape index (κ3) is 1.71. The summed E-state index contributed by atoms with van der Waals surface area (Å²) >= 11 is 0. The van der Waals surface area contributed by atoms with E-state index in [0.29, 0.717) is 12.1 Å². The molecule has 4 nitrogen and oxygen atoms in total. The Morgan fingerprint density at radius 1 is 1.47 bits per heavy atom. The maximum absolute atomic E-state index is 11.7. The fourth-order valence-corrected chi connectivity index (χ4v) is 2.79. The number of aromatic nitrogens is 2. The molecule has 1 aromatic carbocycles. The van der Waals surface area contributed by atoms with Gasteiger partial charge in [0.15, 0.2) is 11.0 Å². The first-order chi connectivity index (χ1) is 7.04. The van der Waals surface area contributed by atoms with Crippen molar-refractivity contribution in [3.63, 3.8) is 0 Å². The van der Waals surface area contributed by atoms with E-state index in [1.165, 1.54) is 6.66 Å². The number of hydrogen-bond acceptors (Lipinski definition) is 1. The molecule has 1 aromatic heterocycles. The first-order valence-electron chi connectivity index (χ1n) is 4.85. The van der Waals surface area contributed by atoms with Gasteiger partial charge in [0.2, 0.25) is 0 Å². The van der Waals surface area contributed by atoms with Crippen molar-refractivity contribution in [2.45, 2.75) is 13.5 Å². The van der Waals surface area contributed by atoms with Crippen molar-refractivity contribution in [1.82, 2.24) is 4.98 Å². The number of rotatable bonds is 2. The number of nitrogens with one attached hydrogen (secondary N) is 1. The maximum atomic E-state index is 11.7. The van der Waals surface area contributed by atoms with E-state index in [0.717, 1.165) is 11.0 Å². The second-order valence-electron chi connectivity index (χ2n) is 3.59. The first kappa shape index (κ1) is 10.4. The molecular formula is C10H14N2O2P+. The largest absolute Gasteiger partial charge is 0.340 e. The summed E-state index contributed by atoms with van der Waals surface area (Å²) in [7, 11) is -3.24. The molecule has 1 unspecified atom stereocenters. The quantitative estimate of drug-likeness (QED) is 0.591. The Morgan fingerprint density at radius 2 is 2.13 bits per heavy atom. The van der Waals surface area contributed by atoms with Crippen LogP contribution in [0.25, 0.3) is 11.0 Å². The molecule has 0 saturated heterocycles. The summed E-state index contributed by atoms with van der Waals surface area (Å²) in [4.78, 5) is 12.6. The molecule has 2 aromatic rings. The summed E-state index contributed by atoms with van der Waals surface area (Å²) in [6.45, 7) is 3.99. The molecule has 0 bridgehead atoms. The highest BCUT2D eigenvalue weighted by atomic mass is 31.2. The van der Waals surface area contributed by atoms with Gasteiger partial charge in [-0.3, -0.25) is 4.57 Å². The van der Waals surface area contributed by atoms with Crippen molar-refractivity contribution in [3.05, 3.63) is 24.3 Å². The van der Waals surface area contributed by atoms with Gasteiger partial charge in [-0.1, -0.05) is 12.1 Å². The molecule has 5 heteroatoms. The van der Waals surface area contributed by atoms with Gasteiger partial charge in [0, 0.05) is 6.66 Å². The molecule has 0 aliphatic rings. The Labute approximate surface area is 88.0 Å². The molecule has 0 aliphatic heterocycles. The predicted molar refractivity (Wildman–Crippen MR) is 59.6 cm³/mol. The summed E-state index contributed by atoms with van der Waals surface area (Å²) < 4.78 is 13.5. The second-order valence-corrected chi connectivity index (χ2v) is 5.77. The Kier molecular flexibility index (Phi) is 2.41. The van der Waals surface area contributed by atoms with Crippen molar-refractivity contribution in [1.29, 1.82) is 0 Å². The number of benzene rings is 1. The number of fused-ring (bicyclic) bond motifs is 1. The van der Waals surface area contributed by atoms with Crippen LogP contribution < -0.4 is 10.1 Å². The molecule has 1 heterocycles. The van der Waals surface area contributed by atoms with Crippen molar-refractivity contribution in [2.24, 2.45) is 0 Å². The highest BCUT2D eigenvalue weighted by Crippen LogP contribution is 2.32. The van der Waals surface area contributed by atoms with Crippen LogP contribution in [0.4, 0.5) is 0 Å². The van der Waals surface area contributed by atoms with Gasteiger partial charge in [-0.2, -0.15) is 0 Å². The number of nitrogens with zero attached hydrogens (tertiary/aromatic N) is 1. The topological polar surface area (TPSA) is 57.0 Å². The fraction of sp³-hybridized carbons (Fsp3) is 0.300. The number of imidazole rings is 1. The van der Waals surface area contributed by atoms with E-state index >= 15 is 0 Å². The second kappa shape index (κ2) is 3.47. The fourth-order valence-electron chi connectivity index (χ4n) is 1.76. The highest BCUT2D eigenvalue weighted by Gasteiger charge is 2.29. The molecule has 2 N–H and O–H groups in total. The summed E-state index contributed by atoms with van der Waals surface area (Å²) in [6, 6.07) is 7.67. The number of hydrogen-bond donors (Lipinski definition) is 2. The smallest absolute Gasteiger partial charge is 0.336 e. The van der Waals surface area contributed by atoms with E-state index in [4.69, 9.17) is 0 Å². The van der Waals surface area contributed by atoms with Crippen LogP contribution in [0.15, 0.2) is 24.3 Å². The summed E-state index contributed by atoms with van der Waals surface area (Å²) in [5.41, 5.74) is 2.27. The molecule has 0 fully saturated rings. The SMILES string of the molecule is CC[n+]1c(P(C)(=O)O)[nH]c2ccccc21. The van der Waals surface area contributed by atoms with Gasteiger partial charge in [0.05, 0.1) is 6.54 Å². The number of H-pyrrole nitrogens is 1. The minimum Gasteiger partial charge on any atom is -0.336 e. The van der Waals surface area contributed by atoms with Crippen LogP contribution in [0.5, 0.6) is 0 Å². The Hall–Kier alpha value is -1.12. The lowest BCUT2D eigenvalue weighted by atomic mass is 10.3. The van der Waals surface area contributed by atoms with Crippen LogP contribution in [0.2, 0.25) is 0 Å². The molecule has 0 radical (unpaired) electrons. The first-order valence-corrected chi connectivity index (χ1v) is 6.96. The van der Waals surface area contributed by atoms with Crippen molar-refractivity contribution < 1.29 is 14.0 Å². The molecule has 2 rings (SSSR count). The van der Waals surface area contributed by atoms with Crippen LogP contribution in [-0.2, 0) is 11.1 Å². The summed E-state index contributed by atoms with van der Waals surface area (Å²) in [5, 5.41) is 0. The van der Waals surface area contributed by atoms with Crippen LogP contribution in [-0.4, -0.2) is 16.5 Å². The van der Waals surface area contributed by atoms with E-state index in [2.05, 4.69) is 4.98 Å². The van der Waals surface area contributed by atoms with Gasteiger partial charge < -0.3 is 4.89 Å². The third-order valence-corrected chi connectivity index (χ3v) is 3.55. The average Bonchev–Trinajstić information content (AvgIpc) is 2.55. The van der Waals surface area contributed by atoms with E-state index in [1.807, 2.05) is 35.8 Å². The molecule has 15 heavy (non-hydrogen) atoms. The number of aryl methyl sites for hydroxylation is 1. The molecule has 0 spiro atoms. The van der Waals surface area contributed by atoms with Crippen LogP contribution in [0, 0.1) is 0 Å². The lowest BCUT2D eigenvalue weighted by Gasteiger charge is -2.00. The lowest BCUT2D eigenvalue weighted by Crippen LogP contribution is -2.46. The lowest BCUT2D eigenvalue weighted by molar-refractivity contribution is -0.649. The monoisotopic (exact) mass is 225 g/mol. The van der Waals surface area contributed by atoms with E-state index in [1.54, 1.807) is 0 Å². The Morgan fingerprint density at radius 3 is 2.73 bits per heavy atom. The van der Waals surface area contributed by atoms with Crippen molar-refractivity contribution >= 4 is 24.0 Å². The Bertz CT molecular complexity index is 541. The molecule has 0 amide bonds. The van der Waals surface area contributed by atoms with Crippen LogP contribution in [0.1, 0.15) is 6.92 Å². The van der Waals surface area contributed by atoms with E-state index in [9.17, 15) is 9.46 Å². The van der Waals surface area contributed by atoms with Crippen molar-refractivity contribution in [2.75, 3.05) is 6.66 Å². The standard InChI is InChI=1S/C10H13N2O2P/c1-3-12-9-7-5-4-6-8(9)11-10(12)15(2,13)14/h4-7H,3H2,1-2H3,(H,13,14)/p+1. The highest BCUT2D eigenvalue weighted by molar-refractivity contribution is 7.64. The van der Waals surface area contributed by atoms with E-state index in [-0.39, 0.29) is 0 Å². The zero-order valence-electron chi connectivity index (χ0n) is 8.77. The van der Waals surface area contributed by atoms with Gasteiger partial charge in [-0.15, -0.1) is 0 Å². The van der Waals surface area contributed by atoms with E-state index < -0.39 is 7.37 Å². The number of aromatic amines is 1. The van der Waals surface area contributed by atoms with Gasteiger partial charge in [0.1, 0.15) is 0 Å². The summed E-state index contributed by atoms with van der Waals surface area (Å²) in [5.74, 6) is 0. The Balaban J connectivity index is 2.81. The van der Waals surface area contributed by atoms with Gasteiger partial charge >= 0.3 is 12.9 Å². The molecule has 0 saturated carbocycles.